The van der Waals surface area contributed by atoms with Crippen molar-refractivity contribution in [1.29, 1.82) is 0 Å². The smallest absolute Gasteiger partial charge is 0.251 e. The number of halogens is 1. The number of nitrogens with zero attached hydrogens (tertiary/aromatic N) is 2. The van der Waals surface area contributed by atoms with Gasteiger partial charge in [0.2, 0.25) is 0 Å². The Morgan fingerprint density at radius 2 is 2.03 bits per heavy atom. The van der Waals surface area contributed by atoms with Crippen molar-refractivity contribution in [1.82, 2.24) is 15.2 Å². The van der Waals surface area contributed by atoms with E-state index in [2.05, 4.69) is 34.4 Å². The predicted molar refractivity (Wildman–Crippen MR) is 119 cm³/mol. The number of hydrogen-bond acceptors (Lipinski definition) is 4. The van der Waals surface area contributed by atoms with Gasteiger partial charge in [-0.15, -0.1) is 0 Å². The van der Waals surface area contributed by atoms with Crippen molar-refractivity contribution < 1.29 is 9.18 Å². The van der Waals surface area contributed by atoms with Gasteiger partial charge < -0.3 is 15.5 Å². The highest BCUT2D eigenvalue weighted by Crippen LogP contribution is 2.32. The van der Waals surface area contributed by atoms with Crippen molar-refractivity contribution >= 4 is 17.2 Å². The van der Waals surface area contributed by atoms with Crippen LogP contribution in [0.3, 0.4) is 0 Å². The Kier molecular flexibility index (Phi) is 6.13. The van der Waals surface area contributed by atoms with Crippen LogP contribution in [0.15, 0.2) is 42.7 Å². The van der Waals surface area contributed by atoms with Gasteiger partial charge in [-0.2, -0.15) is 0 Å². The number of anilines is 1. The summed E-state index contributed by atoms with van der Waals surface area (Å²) in [6.45, 7) is 8.26. The van der Waals surface area contributed by atoms with Crippen molar-refractivity contribution in [3.05, 3.63) is 54.1 Å². The summed E-state index contributed by atoms with van der Waals surface area (Å²) in [4.78, 5) is 19.5. The molecule has 2 aliphatic rings. The number of carbonyl (C=O) groups excluding carboxylic acids is 1. The molecule has 4 rings (SSSR count). The summed E-state index contributed by atoms with van der Waals surface area (Å²) in [6.07, 6.45) is 6.71. The molecule has 1 amide bonds. The largest absolute Gasteiger partial charge is 0.381 e. The Hall–Kier alpha value is -2.73. The number of amides is 1. The van der Waals surface area contributed by atoms with E-state index in [-0.39, 0.29) is 17.8 Å². The van der Waals surface area contributed by atoms with Crippen LogP contribution < -0.4 is 10.6 Å². The van der Waals surface area contributed by atoms with E-state index in [1.165, 1.54) is 12.3 Å². The molecule has 0 unspecified atom stereocenters. The summed E-state index contributed by atoms with van der Waals surface area (Å²) in [6, 6.07) is 7.47. The average molecular weight is 409 g/mol. The molecule has 2 aromatic rings. The van der Waals surface area contributed by atoms with Crippen LogP contribution >= 0.6 is 0 Å². The van der Waals surface area contributed by atoms with Crippen LogP contribution in [-0.2, 0) is 4.79 Å². The predicted octanol–water partition coefficient (Wildman–Crippen LogP) is 3.93. The normalized spacial score (nSPS) is 17.3. The molecule has 0 aliphatic carbocycles. The minimum Gasteiger partial charge on any atom is -0.381 e. The first-order valence-electron chi connectivity index (χ1n) is 10.7. The van der Waals surface area contributed by atoms with Gasteiger partial charge in [-0.25, -0.2) is 4.39 Å². The first kappa shape index (κ1) is 20.5. The Bertz CT molecular complexity index is 948. The van der Waals surface area contributed by atoms with Gasteiger partial charge in [0.25, 0.3) is 5.91 Å². The van der Waals surface area contributed by atoms with Gasteiger partial charge in [0.15, 0.2) is 0 Å². The number of benzene rings is 1. The first-order chi connectivity index (χ1) is 14.5. The number of piperidine rings is 1. The van der Waals surface area contributed by atoms with Crippen molar-refractivity contribution in [2.45, 2.75) is 32.7 Å². The van der Waals surface area contributed by atoms with E-state index in [0.717, 1.165) is 49.3 Å². The number of rotatable bonds is 5. The molecular weight excluding hydrogens is 379 g/mol. The van der Waals surface area contributed by atoms with Gasteiger partial charge >= 0.3 is 0 Å². The van der Waals surface area contributed by atoms with Crippen LogP contribution in [0.2, 0.25) is 0 Å². The van der Waals surface area contributed by atoms with Gasteiger partial charge in [-0.05, 0) is 42.5 Å². The van der Waals surface area contributed by atoms with Crippen molar-refractivity contribution in [2.24, 2.45) is 5.92 Å². The molecule has 0 spiro atoms. The standard InChI is InChI=1S/C24H29FN4O/c1-16(2)15-29-9-6-20(7-10-29)28-24(30)21-5-8-27-23-4-3-17(12-22(21)23)18-11-19(25)14-26-13-18/h3-5,11-14,16,20,27H,6-10,15H2,1-2H3,(H,28,30). The number of hydrogen-bond donors (Lipinski definition) is 2. The summed E-state index contributed by atoms with van der Waals surface area (Å²) in [5.41, 5.74) is 3.98. The summed E-state index contributed by atoms with van der Waals surface area (Å²) >= 11 is 0. The number of pyridine rings is 1. The molecule has 1 fully saturated rings. The Labute approximate surface area is 177 Å². The van der Waals surface area contributed by atoms with E-state index in [1.54, 1.807) is 6.20 Å². The molecule has 2 N–H and O–H groups in total. The molecule has 3 heterocycles. The molecule has 2 aliphatic heterocycles. The molecule has 1 aromatic carbocycles. The Morgan fingerprint density at radius 3 is 2.77 bits per heavy atom. The molecule has 1 saturated heterocycles. The molecule has 6 heteroatoms. The zero-order chi connectivity index (χ0) is 21.1. The van der Waals surface area contributed by atoms with Crippen molar-refractivity contribution in [3.8, 4) is 11.1 Å². The number of aromatic nitrogens is 1. The fraction of sp³-hybridized carbons (Fsp3) is 0.417. The SMILES string of the molecule is CC(C)CN1CCC(NC(=O)C2=CCNc3ccc(-c4cncc(F)c4)cc32)CC1. The lowest BCUT2D eigenvalue weighted by Crippen LogP contribution is -2.45. The molecular formula is C24H29FN4O. The minimum absolute atomic E-state index is 0.0328. The summed E-state index contributed by atoms with van der Waals surface area (Å²) in [5.74, 6) is 0.255. The number of nitrogens with one attached hydrogen (secondary N) is 2. The van der Waals surface area contributed by atoms with Crippen LogP contribution in [0.25, 0.3) is 16.7 Å². The molecule has 0 atom stereocenters. The molecule has 0 bridgehead atoms. The second kappa shape index (κ2) is 8.96. The third-order valence-corrected chi connectivity index (χ3v) is 5.74. The molecule has 0 saturated carbocycles. The maximum absolute atomic E-state index is 13.6. The van der Waals surface area contributed by atoms with Gasteiger partial charge in [-0.3, -0.25) is 9.78 Å². The van der Waals surface area contributed by atoms with Gasteiger partial charge in [0, 0.05) is 60.8 Å². The zero-order valence-corrected chi connectivity index (χ0v) is 17.6. The van der Waals surface area contributed by atoms with Crippen LogP contribution in [0.4, 0.5) is 10.1 Å². The van der Waals surface area contributed by atoms with E-state index >= 15 is 0 Å². The fourth-order valence-electron chi connectivity index (χ4n) is 4.30. The highest BCUT2D eigenvalue weighted by molar-refractivity contribution is 6.22. The maximum Gasteiger partial charge on any atom is 0.251 e. The molecule has 5 nitrogen and oxygen atoms in total. The van der Waals surface area contributed by atoms with Gasteiger partial charge in [-0.1, -0.05) is 26.0 Å². The lowest BCUT2D eigenvalue weighted by Gasteiger charge is -2.33. The minimum atomic E-state index is -0.374. The van der Waals surface area contributed by atoms with Gasteiger partial charge in [0.05, 0.1) is 6.20 Å². The average Bonchev–Trinajstić information content (AvgIpc) is 2.74. The van der Waals surface area contributed by atoms with Crippen LogP contribution in [0.1, 0.15) is 32.3 Å². The molecule has 0 radical (unpaired) electrons. The van der Waals surface area contributed by atoms with Crippen LogP contribution in [-0.4, -0.2) is 48.0 Å². The van der Waals surface area contributed by atoms with E-state index in [1.807, 2.05) is 24.3 Å². The van der Waals surface area contributed by atoms with E-state index in [4.69, 9.17) is 0 Å². The van der Waals surface area contributed by atoms with E-state index in [9.17, 15) is 9.18 Å². The Morgan fingerprint density at radius 1 is 1.23 bits per heavy atom. The molecule has 158 valence electrons. The number of likely N-dealkylation sites (tertiary alicyclic amines) is 1. The third-order valence-electron chi connectivity index (χ3n) is 5.74. The third kappa shape index (κ3) is 4.70. The van der Waals surface area contributed by atoms with Crippen LogP contribution in [0.5, 0.6) is 0 Å². The maximum atomic E-state index is 13.6. The number of fused-ring (bicyclic) bond motifs is 1. The van der Waals surface area contributed by atoms with Crippen molar-refractivity contribution in [3.63, 3.8) is 0 Å². The fourth-order valence-corrected chi connectivity index (χ4v) is 4.30. The summed E-state index contributed by atoms with van der Waals surface area (Å²) in [5, 5.41) is 6.55. The first-order valence-corrected chi connectivity index (χ1v) is 10.7. The van der Waals surface area contributed by atoms with E-state index in [0.29, 0.717) is 23.6 Å². The van der Waals surface area contributed by atoms with Crippen LogP contribution in [0, 0.1) is 11.7 Å². The van der Waals surface area contributed by atoms with Crippen molar-refractivity contribution in [2.75, 3.05) is 31.5 Å². The highest BCUT2D eigenvalue weighted by Gasteiger charge is 2.25. The molecule has 1 aromatic heterocycles. The summed E-state index contributed by atoms with van der Waals surface area (Å²) < 4.78 is 13.6. The topological polar surface area (TPSA) is 57.3 Å². The number of carbonyl (C=O) groups is 1. The quantitative estimate of drug-likeness (QED) is 0.787. The second-order valence-corrected chi connectivity index (χ2v) is 8.59. The highest BCUT2D eigenvalue weighted by atomic mass is 19.1. The summed E-state index contributed by atoms with van der Waals surface area (Å²) in [7, 11) is 0. The second-order valence-electron chi connectivity index (χ2n) is 8.59. The lowest BCUT2D eigenvalue weighted by atomic mass is 9.94. The zero-order valence-electron chi connectivity index (χ0n) is 17.6. The van der Waals surface area contributed by atoms with E-state index < -0.39 is 0 Å². The van der Waals surface area contributed by atoms with Gasteiger partial charge in [0.1, 0.15) is 5.82 Å². The Balaban J connectivity index is 1.47. The molecule has 30 heavy (non-hydrogen) atoms. The monoisotopic (exact) mass is 408 g/mol. The lowest BCUT2D eigenvalue weighted by molar-refractivity contribution is -0.116.